The molecule has 1 aliphatic rings. The fourth-order valence-corrected chi connectivity index (χ4v) is 2.17. The largest absolute Gasteiger partial charge is 0.467 e. The first kappa shape index (κ1) is 17.3. The van der Waals surface area contributed by atoms with Crippen molar-refractivity contribution in [2.45, 2.75) is 51.7 Å². The lowest BCUT2D eigenvalue weighted by molar-refractivity contribution is -0.154. The number of hydrogen-bond donors (Lipinski definition) is 1. The standard InChI is InChI=1S/C14H24N2O5/c1-14(2,3)21-13(19)15-9-11(17)16-8-6-5-7-10(16)12(18)20-4/h10H,5-9H2,1-4H3,(H,15,19). The number of likely N-dealkylation sites (tertiary alicyclic amines) is 1. The van der Waals surface area contributed by atoms with Crippen LogP contribution in [0.15, 0.2) is 0 Å². The number of ether oxygens (including phenoxy) is 2. The van der Waals surface area contributed by atoms with Gasteiger partial charge in [-0.2, -0.15) is 0 Å². The van der Waals surface area contributed by atoms with E-state index >= 15 is 0 Å². The number of nitrogens with one attached hydrogen (secondary N) is 1. The first-order valence-corrected chi connectivity index (χ1v) is 7.09. The Labute approximate surface area is 124 Å². The Balaban J connectivity index is 2.53. The molecule has 0 aliphatic carbocycles. The molecule has 0 spiro atoms. The van der Waals surface area contributed by atoms with Gasteiger partial charge in [0.2, 0.25) is 5.91 Å². The Hall–Kier alpha value is -1.79. The van der Waals surface area contributed by atoms with Crippen LogP contribution in [-0.4, -0.2) is 54.7 Å². The molecule has 0 aromatic carbocycles. The summed E-state index contributed by atoms with van der Waals surface area (Å²) in [6.45, 7) is 5.53. The minimum Gasteiger partial charge on any atom is -0.467 e. The second-order valence-electron chi connectivity index (χ2n) is 5.98. The fourth-order valence-electron chi connectivity index (χ4n) is 2.17. The molecule has 1 heterocycles. The van der Waals surface area contributed by atoms with Crippen LogP contribution in [0.3, 0.4) is 0 Å². The first-order chi connectivity index (χ1) is 9.74. The van der Waals surface area contributed by atoms with Crippen molar-refractivity contribution in [3.8, 4) is 0 Å². The molecule has 1 atom stereocenters. The maximum Gasteiger partial charge on any atom is 0.408 e. The van der Waals surface area contributed by atoms with E-state index in [4.69, 9.17) is 9.47 Å². The van der Waals surface area contributed by atoms with E-state index in [1.165, 1.54) is 12.0 Å². The highest BCUT2D eigenvalue weighted by molar-refractivity contribution is 5.87. The van der Waals surface area contributed by atoms with E-state index in [1.807, 2.05) is 0 Å². The van der Waals surface area contributed by atoms with Crippen molar-refractivity contribution in [3.63, 3.8) is 0 Å². The molecule has 0 aromatic heterocycles. The summed E-state index contributed by atoms with van der Waals surface area (Å²) in [5.74, 6) is -0.726. The average molecular weight is 300 g/mol. The summed E-state index contributed by atoms with van der Waals surface area (Å²) in [6.07, 6.45) is 1.65. The SMILES string of the molecule is COC(=O)C1CCCCN1C(=O)CNC(=O)OC(C)(C)C. The van der Waals surface area contributed by atoms with Gasteiger partial charge in [-0.25, -0.2) is 9.59 Å². The number of carbonyl (C=O) groups excluding carboxylic acids is 3. The van der Waals surface area contributed by atoms with Gasteiger partial charge in [0.05, 0.1) is 7.11 Å². The fraction of sp³-hybridized carbons (Fsp3) is 0.786. The number of nitrogens with zero attached hydrogens (tertiary/aromatic N) is 1. The number of piperidine rings is 1. The topological polar surface area (TPSA) is 84.9 Å². The van der Waals surface area contributed by atoms with Gasteiger partial charge in [-0.15, -0.1) is 0 Å². The van der Waals surface area contributed by atoms with Crippen LogP contribution in [0.5, 0.6) is 0 Å². The zero-order valence-corrected chi connectivity index (χ0v) is 13.1. The monoisotopic (exact) mass is 300 g/mol. The number of esters is 1. The third-order valence-corrected chi connectivity index (χ3v) is 3.08. The van der Waals surface area contributed by atoms with Crippen LogP contribution >= 0.6 is 0 Å². The third-order valence-electron chi connectivity index (χ3n) is 3.08. The molecule has 0 bridgehead atoms. The van der Waals surface area contributed by atoms with Gasteiger partial charge < -0.3 is 19.7 Å². The summed E-state index contributed by atoms with van der Waals surface area (Å²) >= 11 is 0. The van der Waals surface area contributed by atoms with Crippen LogP contribution in [0.2, 0.25) is 0 Å². The highest BCUT2D eigenvalue weighted by Gasteiger charge is 2.32. The molecule has 0 saturated carbocycles. The van der Waals surface area contributed by atoms with Crippen molar-refractivity contribution in [3.05, 3.63) is 0 Å². The molecule has 0 aromatic rings. The molecule has 0 radical (unpaired) electrons. The Morgan fingerprint density at radius 3 is 2.48 bits per heavy atom. The van der Waals surface area contributed by atoms with Crippen molar-refractivity contribution in [2.24, 2.45) is 0 Å². The second-order valence-corrected chi connectivity index (χ2v) is 5.98. The highest BCUT2D eigenvalue weighted by Crippen LogP contribution is 2.18. The molecule has 1 saturated heterocycles. The minimum absolute atomic E-state index is 0.192. The van der Waals surface area contributed by atoms with Crippen molar-refractivity contribution in [2.75, 3.05) is 20.2 Å². The first-order valence-electron chi connectivity index (χ1n) is 7.09. The lowest BCUT2D eigenvalue weighted by Crippen LogP contribution is -2.51. The predicted octanol–water partition coefficient (Wildman–Crippen LogP) is 1.07. The number of hydrogen-bond acceptors (Lipinski definition) is 5. The molecule has 120 valence electrons. The molecule has 7 heteroatoms. The van der Waals surface area contributed by atoms with Gasteiger partial charge in [-0.3, -0.25) is 4.79 Å². The average Bonchev–Trinajstić information content (AvgIpc) is 2.42. The van der Waals surface area contributed by atoms with Crippen LogP contribution in [0.1, 0.15) is 40.0 Å². The molecule has 1 N–H and O–H groups in total. The van der Waals surface area contributed by atoms with E-state index in [0.717, 1.165) is 12.8 Å². The maximum atomic E-state index is 12.1. The van der Waals surface area contributed by atoms with Crippen LogP contribution in [0, 0.1) is 0 Å². The van der Waals surface area contributed by atoms with Gasteiger partial charge in [0, 0.05) is 6.54 Å². The minimum atomic E-state index is -0.650. The van der Waals surface area contributed by atoms with Crippen LogP contribution in [0.25, 0.3) is 0 Å². The summed E-state index contributed by atoms with van der Waals surface area (Å²) in [5, 5.41) is 2.41. The van der Waals surface area contributed by atoms with Gasteiger partial charge in [0.15, 0.2) is 0 Å². The van der Waals surface area contributed by atoms with Crippen LogP contribution in [0.4, 0.5) is 4.79 Å². The Morgan fingerprint density at radius 1 is 1.24 bits per heavy atom. The van der Waals surface area contributed by atoms with Crippen LogP contribution in [-0.2, 0) is 19.1 Å². The third kappa shape index (κ3) is 5.61. The quantitative estimate of drug-likeness (QED) is 0.788. The molecule has 21 heavy (non-hydrogen) atoms. The Morgan fingerprint density at radius 2 is 1.90 bits per heavy atom. The lowest BCUT2D eigenvalue weighted by atomic mass is 10.0. The van der Waals surface area contributed by atoms with Crippen LogP contribution < -0.4 is 5.32 Å². The number of amides is 2. The van der Waals surface area contributed by atoms with Crippen molar-refractivity contribution in [1.82, 2.24) is 10.2 Å². The molecule has 2 amide bonds. The van der Waals surface area contributed by atoms with Gasteiger partial charge in [0.25, 0.3) is 0 Å². The van der Waals surface area contributed by atoms with E-state index in [1.54, 1.807) is 20.8 Å². The van der Waals surface area contributed by atoms with Gasteiger partial charge in [-0.05, 0) is 40.0 Å². The van der Waals surface area contributed by atoms with Gasteiger partial charge >= 0.3 is 12.1 Å². The summed E-state index contributed by atoms with van der Waals surface area (Å²) < 4.78 is 9.78. The Bertz CT molecular complexity index is 403. The summed E-state index contributed by atoms with van der Waals surface area (Å²) in [6, 6.07) is -0.559. The summed E-state index contributed by atoms with van der Waals surface area (Å²) in [5.41, 5.74) is -0.618. The second kappa shape index (κ2) is 7.28. The predicted molar refractivity (Wildman–Crippen MR) is 75.6 cm³/mol. The van der Waals surface area contributed by atoms with Crippen molar-refractivity contribution < 1.29 is 23.9 Å². The van der Waals surface area contributed by atoms with Gasteiger partial charge in [0.1, 0.15) is 18.2 Å². The van der Waals surface area contributed by atoms with Gasteiger partial charge in [-0.1, -0.05) is 0 Å². The molecule has 1 fully saturated rings. The number of carbonyl (C=O) groups is 3. The lowest BCUT2D eigenvalue weighted by Gasteiger charge is -2.33. The summed E-state index contributed by atoms with van der Waals surface area (Å²) in [7, 11) is 1.30. The normalized spacial score (nSPS) is 18.9. The van der Waals surface area contributed by atoms with E-state index in [0.29, 0.717) is 13.0 Å². The maximum absolute atomic E-state index is 12.1. The highest BCUT2D eigenvalue weighted by atomic mass is 16.6. The van der Waals surface area contributed by atoms with E-state index < -0.39 is 23.7 Å². The molecule has 1 unspecified atom stereocenters. The zero-order valence-electron chi connectivity index (χ0n) is 13.1. The zero-order chi connectivity index (χ0) is 16.0. The smallest absolute Gasteiger partial charge is 0.408 e. The molecular formula is C14H24N2O5. The molecule has 1 rings (SSSR count). The number of alkyl carbamates (subject to hydrolysis) is 1. The number of rotatable bonds is 3. The van der Waals surface area contributed by atoms with Crippen molar-refractivity contribution >= 4 is 18.0 Å². The van der Waals surface area contributed by atoms with Crippen molar-refractivity contribution in [1.29, 1.82) is 0 Å². The molecule has 1 aliphatic heterocycles. The number of methoxy groups -OCH3 is 1. The molecule has 7 nitrogen and oxygen atoms in total. The summed E-state index contributed by atoms with van der Waals surface area (Å²) in [4.78, 5) is 36.8. The molecular weight excluding hydrogens is 276 g/mol. The Kier molecular flexibility index (Phi) is 5.99. The van der Waals surface area contributed by atoms with E-state index in [9.17, 15) is 14.4 Å². The van der Waals surface area contributed by atoms with E-state index in [2.05, 4.69) is 5.32 Å². The van der Waals surface area contributed by atoms with E-state index in [-0.39, 0.29) is 12.5 Å².